The summed E-state index contributed by atoms with van der Waals surface area (Å²) in [4.78, 5) is 9.61. The number of nitrogens with zero attached hydrogens (tertiary/aromatic N) is 5. The van der Waals surface area contributed by atoms with E-state index in [0.29, 0.717) is 19.0 Å². The second-order valence-corrected chi connectivity index (χ2v) is 6.42. The van der Waals surface area contributed by atoms with Gasteiger partial charge in [-0.05, 0) is 19.8 Å². The van der Waals surface area contributed by atoms with Gasteiger partial charge in [-0.2, -0.15) is 18.3 Å². The van der Waals surface area contributed by atoms with Crippen LogP contribution >= 0.6 is 0 Å². The van der Waals surface area contributed by atoms with Gasteiger partial charge in [0.2, 0.25) is 5.95 Å². The van der Waals surface area contributed by atoms with E-state index in [1.54, 1.807) is 0 Å². The molecule has 3 heterocycles. The number of anilines is 1. The summed E-state index contributed by atoms with van der Waals surface area (Å²) in [5.74, 6) is 0.309. The Morgan fingerprint density at radius 3 is 2.64 bits per heavy atom. The first-order valence-electron chi connectivity index (χ1n) is 8.28. The fourth-order valence-corrected chi connectivity index (χ4v) is 2.86. The molecule has 0 aliphatic carbocycles. The van der Waals surface area contributed by atoms with Crippen molar-refractivity contribution in [1.82, 2.24) is 19.7 Å². The lowest BCUT2D eigenvalue weighted by Crippen LogP contribution is -2.31. The van der Waals surface area contributed by atoms with Crippen LogP contribution in [0.25, 0.3) is 0 Å². The minimum atomic E-state index is -4.42. The highest BCUT2D eigenvalue weighted by Crippen LogP contribution is 2.29. The molecule has 3 rings (SSSR count). The van der Waals surface area contributed by atoms with Crippen molar-refractivity contribution in [3.63, 3.8) is 0 Å². The summed E-state index contributed by atoms with van der Waals surface area (Å²) >= 11 is 0. The predicted octanol–water partition coefficient (Wildman–Crippen LogP) is 2.38. The molecule has 0 saturated heterocycles. The molecule has 136 valence electrons. The maximum absolute atomic E-state index is 12.6. The fourth-order valence-electron chi connectivity index (χ4n) is 2.86. The molecule has 1 atom stereocenters. The van der Waals surface area contributed by atoms with Crippen LogP contribution in [0.15, 0.2) is 18.6 Å². The molecule has 0 unspecified atom stereocenters. The van der Waals surface area contributed by atoms with Crippen LogP contribution in [0, 0.1) is 0 Å². The van der Waals surface area contributed by atoms with Crippen molar-refractivity contribution in [1.29, 1.82) is 0 Å². The Morgan fingerprint density at radius 1 is 1.28 bits per heavy atom. The third-order valence-electron chi connectivity index (χ3n) is 4.20. The molecule has 0 radical (unpaired) electrons. The highest BCUT2D eigenvalue weighted by molar-refractivity contribution is 5.37. The molecular weight excluding hydrogens is 333 g/mol. The van der Waals surface area contributed by atoms with Crippen molar-refractivity contribution >= 4 is 5.95 Å². The number of hydrogen-bond donors (Lipinski definition) is 1. The van der Waals surface area contributed by atoms with Gasteiger partial charge in [0, 0.05) is 56.3 Å². The Bertz CT molecular complexity index is 708. The zero-order valence-corrected chi connectivity index (χ0v) is 14.0. The Hall–Kier alpha value is -2.16. The molecule has 2 N–H and O–H groups in total. The number of aromatic nitrogens is 4. The van der Waals surface area contributed by atoms with Crippen LogP contribution in [0.2, 0.25) is 0 Å². The molecule has 0 aromatic carbocycles. The van der Waals surface area contributed by atoms with E-state index in [-0.39, 0.29) is 6.04 Å². The van der Waals surface area contributed by atoms with Gasteiger partial charge in [-0.25, -0.2) is 9.97 Å². The largest absolute Gasteiger partial charge is 0.419 e. The molecule has 6 nitrogen and oxygen atoms in total. The monoisotopic (exact) mass is 354 g/mol. The van der Waals surface area contributed by atoms with Gasteiger partial charge in [0.25, 0.3) is 0 Å². The lowest BCUT2D eigenvalue weighted by molar-refractivity contribution is -0.138. The van der Waals surface area contributed by atoms with Gasteiger partial charge in [-0.15, -0.1) is 0 Å². The summed E-state index contributed by atoms with van der Waals surface area (Å²) in [5.41, 5.74) is 7.01. The van der Waals surface area contributed by atoms with Gasteiger partial charge in [0.05, 0.1) is 11.3 Å². The molecule has 2 aromatic heterocycles. The first kappa shape index (κ1) is 17.7. The number of hydrogen-bond acceptors (Lipinski definition) is 5. The molecule has 0 spiro atoms. The maximum Gasteiger partial charge on any atom is 0.419 e. The zero-order chi connectivity index (χ0) is 18.0. The van der Waals surface area contributed by atoms with Gasteiger partial charge in [-0.3, -0.25) is 4.68 Å². The molecule has 1 aliphatic heterocycles. The summed E-state index contributed by atoms with van der Waals surface area (Å²) in [7, 11) is 0. The minimum absolute atomic E-state index is 0.178. The van der Waals surface area contributed by atoms with E-state index in [0.717, 1.165) is 49.5 Å². The number of alkyl halides is 3. The summed E-state index contributed by atoms with van der Waals surface area (Å²) in [6, 6.07) is 0.178. The van der Waals surface area contributed by atoms with E-state index in [2.05, 4.69) is 15.1 Å². The third kappa shape index (κ3) is 4.28. The smallest absolute Gasteiger partial charge is 0.336 e. The SMILES string of the molecule is C[C@H](N)CCCn1cc2c(n1)CCN(c1ncc(C(F)(F)F)cn1)C2. The van der Waals surface area contributed by atoms with E-state index in [1.165, 1.54) is 0 Å². The normalized spacial score (nSPS) is 16.0. The Morgan fingerprint density at radius 2 is 2.00 bits per heavy atom. The minimum Gasteiger partial charge on any atom is -0.336 e. The summed E-state index contributed by atoms with van der Waals surface area (Å²) in [6.45, 7) is 3.98. The van der Waals surface area contributed by atoms with Crippen molar-refractivity contribution < 1.29 is 13.2 Å². The number of halogens is 3. The van der Waals surface area contributed by atoms with E-state index < -0.39 is 11.7 Å². The van der Waals surface area contributed by atoms with Crippen molar-refractivity contribution in [3.8, 4) is 0 Å². The van der Waals surface area contributed by atoms with Crippen molar-refractivity contribution in [2.24, 2.45) is 5.73 Å². The molecule has 2 aromatic rings. The van der Waals surface area contributed by atoms with Crippen molar-refractivity contribution in [2.45, 2.75) is 51.5 Å². The molecule has 0 bridgehead atoms. The van der Waals surface area contributed by atoms with Crippen molar-refractivity contribution in [3.05, 3.63) is 35.4 Å². The van der Waals surface area contributed by atoms with Crippen LogP contribution in [0.4, 0.5) is 19.1 Å². The summed E-state index contributed by atoms with van der Waals surface area (Å²) < 4.78 is 39.7. The van der Waals surface area contributed by atoms with Crippen LogP contribution in [-0.4, -0.2) is 32.3 Å². The van der Waals surface area contributed by atoms with Crippen LogP contribution in [-0.2, 0) is 25.7 Å². The Labute approximate surface area is 143 Å². The van der Waals surface area contributed by atoms with Crippen LogP contribution < -0.4 is 10.6 Å². The third-order valence-corrected chi connectivity index (χ3v) is 4.20. The van der Waals surface area contributed by atoms with Gasteiger partial charge in [-0.1, -0.05) is 0 Å². The molecule has 25 heavy (non-hydrogen) atoms. The van der Waals surface area contributed by atoms with Crippen LogP contribution in [0.1, 0.15) is 36.6 Å². The summed E-state index contributed by atoms with van der Waals surface area (Å²) in [5, 5.41) is 4.58. The van der Waals surface area contributed by atoms with Gasteiger partial charge < -0.3 is 10.6 Å². The Balaban J connectivity index is 1.65. The highest BCUT2D eigenvalue weighted by atomic mass is 19.4. The highest BCUT2D eigenvalue weighted by Gasteiger charge is 2.32. The van der Waals surface area contributed by atoms with Gasteiger partial charge in [0.15, 0.2) is 0 Å². The topological polar surface area (TPSA) is 72.9 Å². The fraction of sp³-hybridized carbons (Fsp3) is 0.562. The molecule has 9 heteroatoms. The lowest BCUT2D eigenvalue weighted by Gasteiger charge is -2.26. The molecule has 0 amide bonds. The lowest BCUT2D eigenvalue weighted by atomic mass is 10.1. The number of aryl methyl sites for hydroxylation is 1. The van der Waals surface area contributed by atoms with Gasteiger partial charge >= 0.3 is 6.18 Å². The van der Waals surface area contributed by atoms with E-state index in [4.69, 9.17) is 5.73 Å². The first-order valence-corrected chi connectivity index (χ1v) is 8.28. The standard InChI is InChI=1S/C16H21F3N6/c1-11(20)3-2-5-25-10-12-9-24(6-4-14(12)23-25)15-21-7-13(8-22-15)16(17,18)19/h7-8,10-11H,2-6,9,20H2,1H3/t11-/m0/s1. The van der Waals surface area contributed by atoms with Gasteiger partial charge in [0.1, 0.15) is 0 Å². The molecular formula is C16H21F3N6. The second kappa shape index (κ2) is 6.99. The number of rotatable bonds is 5. The average Bonchev–Trinajstić information content (AvgIpc) is 2.95. The first-order chi connectivity index (χ1) is 11.8. The predicted molar refractivity (Wildman–Crippen MR) is 86.9 cm³/mol. The van der Waals surface area contributed by atoms with Crippen molar-refractivity contribution in [2.75, 3.05) is 11.4 Å². The summed E-state index contributed by atoms with van der Waals surface area (Å²) in [6.07, 6.45) is 1.85. The molecule has 1 aliphatic rings. The van der Waals surface area contributed by atoms with Crippen LogP contribution in [0.5, 0.6) is 0 Å². The molecule has 0 fully saturated rings. The van der Waals surface area contributed by atoms with E-state index >= 15 is 0 Å². The number of fused-ring (bicyclic) bond motifs is 1. The quantitative estimate of drug-likeness (QED) is 0.892. The number of nitrogens with two attached hydrogens (primary N) is 1. The maximum atomic E-state index is 12.6. The van der Waals surface area contributed by atoms with Crippen LogP contribution in [0.3, 0.4) is 0 Å². The Kier molecular flexibility index (Phi) is 4.94. The van der Waals surface area contributed by atoms with E-state index in [9.17, 15) is 13.2 Å². The average molecular weight is 354 g/mol. The van der Waals surface area contributed by atoms with E-state index in [1.807, 2.05) is 22.7 Å². The second-order valence-electron chi connectivity index (χ2n) is 6.42. The molecule has 0 saturated carbocycles. The zero-order valence-electron chi connectivity index (χ0n) is 14.0.